The number of unbranched alkanes of at least 4 members (excludes halogenated alkanes) is 1. The minimum absolute atomic E-state index is 0.388. The number of aliphatic carboxylic acids is 1. The SMILES string of the molecule is CCCCN1CCC(Cc2cccc3c2NCC3C(=O)O)CC1. The summed E-state index contributed by atoms with van der Waals surface area (Å²) in [7, 11) is 0. The van der Waals surface area contributed by atoms with Gasteiger partial charge in [0.2, 0.25) is 0 Å². The number of para-hydroxylation sites is 1. The van der Waals surface area contributed by atoms with Gasteiger partial charge in [-0.1, -0.05) is 31.5 Å². The molecule has 2 aliphatic rings. The van der Waals surface area contributed by atoms with Gasteiger partial charge in [0.1, 0.15) is 5.92 Å². The molecule has 0 radical (unpaired) electrons. The fourth-order valence-corrected chi connectivity index (χ4v) is 3.94. The van der Waals surface area contributed by atoms with Crippen LogP contribution in [0, 0.1) is 5.92 Å². The van der Waals surface area contributed by atoms with E-state index in [2.05, 4.69) is 23.2 Å². The van der Waals surface area contributed by atoms with E-state index >= 15 is 0 Å². The van der Waals surface area contributed by atoms with Gasteiger partial charge in [-0.15, -0.1) is 0 Å². The van der Waals surface area contributed by atoms with Gasteiger partial charge in [0.05, 0.1) is 0 Å². The lowest BCUT2D eigenvalue weighted by molar-refractivity contribution is -0.138. The van der Waals surface area contributed by atoms with Crippen molar-refractivity contribution in [2.45, 2.75) is 44.9 Å². The molecule has 1 fully saturated rings. The van der Waals surface area contributed by atoms with E-state index in [0.29, 0.717) is 6.54 Å². The Balaban J connectivity index is 1.61. The summed E-state index contributed by atoms with van der Waals surface area (Å²) in [5.41, 5.74) is 3.36. The second kappa shape index (κ2) is 7.35. The molecule has 0 saturated carbocycles. The number of hydrogen-bond acceptors (Lipinski definition) is 3. The number of likely N-dealkylation sites (tertiary alicyclic amines) is 1. The number of piperidine rings is 1. The summed E-state index contributed by atoms with van der Waals surface area (Å²) in [5.74, 6) is -0.386. The molecule has 1 aromatic rings. The van der Waals surface area contributed by atoms with Gasteiger partial charge < -0.3 is 15.3 Å². The molecule has 23 heavy (non-hydrogen) atoms. The molecule has 3 rings (SSSR count). The standard InChI is InChI=1S/C19H28N2O2/c1-2-3-9-21-10-7-14(8-11-21)12-15-5-4-6-16-17(19(22)23)13-20-18(15)16/h4-6,14,17,20H,2-3,7-13H2,1H3,(H,22,23). The summed E-state index contributed by atoms with van der Waals surface area (Å²) in [6.07, 6.45) is 6.17. The molecular weight excluding hydrogens is 288 g/mol. The fourth-order valence-electron chi connectivity index (χ4n) is 3.94. The Kier molecular flexibility index (Phi) is 5.21. The molecule has 0 amide bonds. The maximum Gasteiger partial charge on any atom is 0.312 e. The molecule has 4 heteroatoms. The minimum atomic E-state index is -0.724. The molecule has 2 heterocycles. The van der Waals surface area contributed by atoms with Crippen LogP contribution in [-0.4, -0.2) is 42.2 Å². The summed E-state index contributed by atoms with van der Waals surface area (Å²) in [5, 5.41) is 12.7. The number of carboxylic acid groups (broad SMARTS) is 1. The molecule has 0 spiro atoms. The molecule has 0 aliphatic carbocycles. The number of hydrogen-bond donors (Lipinski definition) is 2. The Labute approximate surface area is 138 Å². The van der Waals surface area contributed by atoms with Gasteiger partial charge >= 0.3 is 5.97 Å². The van der Waals surface area contributed by atoms with Crippen LogP contribution >= 0.6 is 0 Å². The first-order chi connectivity index (χ1) is 11.2. The third-order valence-corrected chi connectivity index (χ3v) is 5.38. The highest BCUT2D eigenvalue weighted by Gasteiger charge is 2.30. The highest BCUT2D eigenvalue weighted by molar-refractivity contribution is 5.83. The van der Waals surface area contributed by atoms with Gasteiger partial charge in [-0.05, 0) is 62.4 Å². The summed E-state index contributed by atoms with van der Waals surface area (Å²) in [4.78, 5) is 13.9. The molecule has 126 valence electrons. The molecule has 2 aliphatic heterocycles. The molecule has 2 N–H and O–H groups in total. The summed E-state index contributed by atoms with van der Waals surface area (Å²) in [6, 6.07) is 6.15. The van der Waals surface area contributed by atoms with Crippen LogP contribution in [-0.2, 0) is 11.2 Å². The first-order valence-electron chi connectivity index (χ1n) is 8.99. The lowest BCUT2D eigenvalue weighted by atomic mass is 9.88. The zero-order chi connectivity index (χ0) is 16.2. The smallest absolute Gasteiger partial charge is 0.312 e. The van der Waals surface area contributed by atoms with Crippen molar-refractivity contribution in [1.29, 1.82) is 0 Å². The number of benzene rings is 1. The van der Waals surface area contributed by atoms with Gasteiger partial charge in [-0.2, -0.15) is 0 Å². The largest absolute Gasteiger partial charge is 0.481 e. The molecule has 1 aromatic carbocycles. The monoisotopic (exact) mass is 316 g/mol. The topological polar surface area (TPSA) is 52.6 Å². The molecule has 0 aromatic heterocycles. The Morgan fingerprint density at radius 2 is 2.13 bits per heavy atom. The molecule has 4 nitrogen and oxygen atoms in total. The highest BCUT2D eigenvalue weighted by Crippen LogP contribution is 2.36. The van der Waals surface area contributed by atoms with Gasteiger partial charge in [-0.25, -0.2) is 0 Å². The van der Waals surface area contributed by atoms with Crippen molar-refractivity contribution in [3.8, 4) is 0 Å². The van der Waals surface area contributed by atoms with E-state index in [9.17, 15) is 9.90 Å². The Hall–Kier alpha value is -1.55. The van der Waals surface area contributed by atoms with E-state index in [1.165, 1.54) is 50.9 Å². The second-order valence-corrected chi connectivity index (χ2v) is 7.00. The summed E-state index contributed by atoms with van der Waals surface area (Å²) in [6.45, 7) is 6.44. The second-order valence-electron chi connectivity index (χ2n) is 7.00. The zero-order valence-electron chi connectivity index (χ0n) is 14.1. The lowest BCUT2D eigenvalue weighted by Gasteiger charge is -2.32. The number of carbonyl (C=O) groups is 1. The zero-order valence-corrected chi connectivity index (χ0v) is 14.1. The van der Waals surface area contributed by atoms with Crippen molar-refractivity contribution >= 4 is 11.7 Å². The minimum Gasteiger partial charge on any atom is -0.481 e. The third-order valence-electron chi connectivity index (χ3n) is 5.38. The predicted molar refractivity (Wildman–Crippen MR) is 93.1 cm³/mol. The van der Waals surface area contributed by atoms with Crippen molar-refractivity contribution in [3.63, 3.8) is 0 Å². The Morgan fingerprint density at radius 3 is 2.83 bits per heavy atom. The van der Waals surface area contributed by atoms with Crippen LogP contribution in [0.15, 0.2) is 18.2 Å². The summed E-state index contributed by atoms with van der Waals surface area (Å²) >= 11 is 0. The first-order valence-corrected chi connectivity index (χ1v) is 8.99. The lowest BCUT2D eigenvalue weighted by Crippen LogP contribution is -2.35. The predicted octanol–water partition coefficient (Wildman–Crippen LogP) is 3.33. The number of fused-ring (bicyclic) bond motifs is 1. The van der Waals surface area contributed by atoms with E-state index in [0.717, 1.165) is 23.6 Å². The van der Waals surface area contributed by atoms with Gasteiger partial charge in [-0.3, -0.25) is 4.79 Å². The van der Waals surface area contributed by atoms with E-state index < -0.39 is 5.97 Å². The van der Waals surface area contributed by atoms with Crippen LogP contribution in [0.1, 0.15) is 49.7 Å². The number of carboxylic acids is 1. The Morgan fingerprint density at radius 1 is 1.35 bits per heavy atom. The van der Waals surface area contributed by atoms with Crippen LogP contribution in [0.4, 0.5) is 5.69 Å². The van der Waals surface area contributed by atoms with Crippen LogP contribution in [0.3, 0.4) is 0 Å². The first kappa shape index (κ1) is 16.3. The van der Waals surface area contributed by atoms with E-state index in [-0.39, 0.29) is 5.92 Å². The van der Waals surface area contributed by atoms with Gasteiger partial charge in [0.15, 0.2) is 0 Å². The summed E-state index contributed by atoms with van der Waals surface area (Å²) < 4.78 is 0. The van der Waals surface area contributed by atoms with Crippen LogP contribution < -0.4 is 5.32 Å². The average Bonchev–Trinajstić information content (AvgIpc) is 2.99. The quantitative estimate of drug-likeness (QED) is 0.845. The van der Waals surface area contributed by atoms with Crippen molar-refractivity contribution in [3.05, 3.63) is 29.3 Å². The third kappa shape index (κ3) is 3.69. The number of nitrogens with one attached hydrogen (secondary N) is 1. The van der Waals surface area contributed by atoms with Crippen molar-refractivity contribution in [2.24, 2.45) is 5.92 Å². The van der Waals surface area contributed by atoms with Gasteiger partial charge in [0, 0.05) is 12.2 Å². The number of rotatable bonds is 6. The molecule has 1 unspecified atom stereocenters. The van der Waals surface area contributed by atoms with E-state index in [4.69, 9.17) is 0 Å². The number of anilines is 1. The Bertz CT molecular complexity index is 550. The highest BCUT2D eigenvalue weighted by atomic mass is 16.4. The van der Waals surface area contributed by atoms with Crippen LogP contribution in [0.2, 0.25) is 0 Å². The van der Waals surface area contributed by atoms with E-state index in [1.54, 1.807) is 0 Å². The molecule has 1 atom stereocenters. The van der Waals surface area contributed by atoms with Crippen molar-refractivity contribution in [1.82, 2.24) is 4.90 Å². The van der Waals surface area contributed by atoms with Crippen molar-refractivity contribution in [2.75, 3.05) is 31.5 Å². The van der Waals surface area contributed by atoms with Crippen LogP contribution in [0.5, 0.6) is 0 Å². The van der Waals surface area contributed by atoms with Crippen molar-refractivity contribution < 1.29 is 9.90 Å². The average molecular weight is 316 g/mol. The molecular formula is C19H28N2O2. The normalized spacial score (nSPS) is 21.9. The molecule has 0 bridgehead atoms. The maximum absolute atomic E-state index is 11.3. The van der Waals surface area contributed by atoms with Crippen LogP contribution in [0.25, 0.3) is 0 Å². The number of nitrogens with zero attached hydrogens (tertiary/aromatic N) is 1. The molecule has 1 saturated heterocycles. The van der Waals surface area contributed by atoms with Gasteiger partial charge in [0.25, 0.3) is 0 Å². The maximum atomic E-state index is 11.3. The van der Waals surface area contributed by atoms with E-state index in [1.807, 2.05) is 12.1 Å². The fraction of sp³-hybridized carbons (Fsp3) is 0.632.